The summed E-state index contributed by atoms with van der Waals surface area (Å²) in [4.78, 5) is 16.5. The van der Waals surface area contributed by atoms with Crippen LogP contribution in [0.25, 0.3) is 28.0 Å². The van der Waals surface area contributed by atoms with E-state index in [0.717, 1.165) is 39.2 Å². The Hall–Kier alpha value is -3.68. The molecule has 0 aliphatic rings. The molecule has 1 aromatic carbocycles. The number of alkyl carbamates (subject to hydrolysis) is 1. The Kier molecular flexibility index (Phi) is 5.22. The second-order valence-electron chi connectivity index (χ2n) is 8.54. The van der Waals surface area contributed by atoms with Crippen molar-refractivity contribution in [2.24, 2.45) is 7.05 Å². The first-order chi connectivity index (χ1) is 14.7. The van der Waals surface area contributed by atoms with Gasteiger partial charge < -0.3 is 10.1 Å². The van der Waals surface area contributed by atoms with Crippen LogP contribution >= 0.6 is 0 Å². The number of rotatable bonds is 4. The number of benzene rings is 1. The smallest absolute Gasteiger partial charge is 0.407 e. The molecule has 4 rings (SSSR count). The zero-order valence-electron chi connectivity index (χ0n) is 18.4. The Morgan fingerprint density at radius 3 is 2.65 bits per heavy atom. The van der Waals surface area contributed by atoms with Crippen LogP contribution in [0.5, 0.6) is 0 Å². The Labute approximate surface area is 180 Å². The molecule has 8 nitrogen and oxygen atoms in total. The summed E-state index contributed by atoms with van der Waals surface area (Å²) in [6.45, 7) is 7.95. The molecule has 0 fully saturated rings. The van der Waals surface area contributed by atoms with E-state index in [1.54, 1.807) is 11.0 Å². The maximum absolute atomic E-state index is 11.9. The van der Waals surface area contributed by atoms with Crippen molar-refractivity contribution in [2.45, 2.75) is 39.8 Å². The van der Waals surface area contributed by atoms with Gasteiger partial charge in [-0.1, -0.05) is 12.1 Å². The molecule has 0 unspecified atom stereocenters. The summed E-state index contributed by atoms with van der Waals surface area (Å²) < 4.78 is 8.90. The molecule has 0 spiro atoms. The lowest BCUT2D eigenvalue weighted by Crippen LogP contribution is -2.32. The van der Waals surface area contributed by atoms with Crippen LogP contribution in [0.3, 0.4) is 0 Å². The van der Waals surface area contributed by atoms with E-state index >= 15 is 0 Å². The number of aryl methyl sites for hydroxylation is 2. The van der Waals surface area contributed by atoms with Gasteiger partial charge in [0.2, 0.25) is 0 Å². The van der Waals surface area contributed by atoms with Crippen LogP contribution in [0.1, 0.15) is 31.9 Å². The minimum atomic E-state index is -0.521. The zero-order valence-corrected chi connectivity index (χ0v) is 18.4. The molecule has 8 heteroatoms. The highest BCUT2D eigenvalue weighted by atomic mass is 16.6. The summed E-state index contributed by atoms with van der Waals surface area (Å²) in [7, 11) is 1.90. The molecule has 0 aliphatic carbocycles. The van der Waals surface area contributed by atoms with E-state index in [1.165, 1.54) is 0 Å². The second-order valence-corrected chi connectivity index (χ2v) is 8.54. The van der Waals surface area contributed by atoms with Gasteiger partial charge in [-0.15, -0.1) is 0 Å². The highest BCUT2D eigenvalue weighted by molar-refractivity contribution is 5.81. The third-order valence-corrected chi connectivity index (χ3v) is 4.85. The maximum Gasteiger partial charge on any atom is 0.407 e. The Balaban J connectivity index is 1.59. The number of aromatic nitrogens is 5. The van der Waals surface area contributed by atoms with Crippen LogP contribution in [0.15, 0.2) is 49.1 Å². The van der Waals surface area contributed by atoms with Crippen molar-refractivity contribution in [2.75, 3.05) is 0 Å². The number of hydrogen-bond acceptors (Lipinski definition) is 5. The SMILES string of the molecule is Cc1cc(-c2ncnn3cc(-c4ccn(C)n4)cc23)ccc1CNC(=O)OC(C)(C)C. The van der Waals surface area contributed by atoms with Crippen LogP contribution in [-0.4, -0.2) is 36.1 Å². The van der Waals surface area contributed by atoms with E-state index in [2.05, 4.69) is 26.6 Å². The molecule has 1 N–H and O–H groups in total. The molecule has 3 heterocycles. The van der Waals surface area contributed by atoms with Gasteiger partial charge in [-0.2, -0.15) is 10.2 Å². The fourth-order valence-corrected chi connectivity index (χ4v) is 3.38. The molecule has 0 saturated heterocycles. The Morgan fingerprint density at radius 2 is 1.97 bits per heavy atom. The van der Waals surface area contributed by atoms with E-state index < -0.39 is 11.7 Å². The van der Waals surface area contributed by atoms with Gasteiger partial charge in [0.25, 0.3) is 0 Å². The van der Waals surface area contributed by atoms with Gasteiger partial charge in [-0.05, 0) is 57.0 Å². The first kappa shape index (κ1) is 20.6. The molecule has 1 amide bonds. The summed E-state index contributed by atoms with van der Waals surface area (Å²) in [5.41, 5.74) is 6.15. The van der Waals surface area contributed by atoms with E-state index in [1.807, 2.05) is 75.9 Å². The van der Waals surface area contributed by atoms with Crippen LogP contribution < -0.4 is 5.32 Å². The van der Waals surface area contributed by atoms with Crippen molar-refractivity contribution in [3.05, 3.63) is 60.2 Å². The monoisotopic (exact) mass is 418 g/mol. The maximum atomic E-state index is 11.9. The number of hydrogen-bond donors (Lipinski definition) is 1. The predicted octanol–water partition coefficient (Wildman–Crippen LogP) is 4.13. The molecule has 0 aliphatic heterocycles. The van der Waals surface area contributed by atoms with Crippen molar-refractivity contribution in [3.8, 4) is 22.5 Å². The highest BCUT2D eigenvalue weighted by Crippen LogP contribution is 2.28. The van der Waals surface area contributed by atoms with Crippen LogP contribution in [0.2, 0.25) is 0 Å². The summed E-state index contributed by atoms with van der Waals surface area (Å²) in [5, 5.41) is 11.6. The van der Waals surface area contributed by atoms with Crippen molar-refractivity contribution in [1.82, 2.24) is 29.7 Å². The molecular formula is C23H26N6O2. The minimum Gasteiger partial charge on any atom is -0.444 e. The van der Waals surface area contributed by atoms with Crippen molar-refractivity contribution in [3.63, 3.8) is 0 Å². The lowest BCUT2D eigenvalue weighted by molar-refractivity contribution is 0.0523. The quantitative estimate of drug-likeness (QED) is 0.539. The topological polar surface area (TPSA) is 86.3 Å². The van der Waals surface area contributed by atoms with E-state index in [4.69, 9.17) is 4.74 Å². The molecule has 0 atom stereocenters. The van der Waals surface area contributed by atoms with Gasteiger partial charge in [0.05, 0.1) is 16.9 Å². The third kappa shape index (κ3) is 4.58. The number of ether oxygens (including phenoxy) is 1. The molecule has 3 aromatic heterocycles. The van der Waals surface area contributed by atoms with Crippen LogP contribution in [-0.2, 0) is 18.3 Å². The van der Waals surface area contributed by atoms with Crippen LogP contribution in [0, 0.1) is 6.92 Å². The number of amides is 1. The van der Waals surface area contributed by atoms with E-state index in [-0.39, 0.29) is 0 Å². The summed E-state index contributed by atoms with van der Waals surface area (Å²) in [5.74, 6) is 0. The number of carbonyl (C=O) groups excluding carboxylic acids is 1. The van der Waals surface area contributed by atoms with Crippen molar-refractivity contribution in [1.29, 1.82) is 0 Å². The fraction of sp³-hybridized carbons (Fsp3) is 0.304. The zero-order chi connectivity index (χ0) is 22.2. The van der Waals surface area contributed by atoms with Gasteiger partial charge in [0.15, 0.2) is 0 Å². The average molecular weight is 419 g/mol. The van der Waals surface area contributed by atoms with Gasteiger partial charge in [-0.25, -0.2) is 14.3 Å². The Morgan fingerprint density at radius 1 is 1.16 bits per heavy atom. The number of fused-ring (bicyclic) bond motifs is 1. The third-order valence-electron chi connectivity index (χ3n) is 4.85. The predicted molar refractivity (Wildman–Crippen MR) is 118 cm³/mol. The minimum absolute atomic E-state index is 0.398. The number of nitrogens with zero attached hydrogens (tertiary/aromatic N) is 5. The van der Waals surface area contributed by atoms with Gasteiger partial charge >= 0.3 is 6.09 Å². The first-order valence-electron chi connectivity index (χ1n) is 10.1. The first-order valence-corrected chi connectivity index (χ1v) is 10.1. The largest absolute Gasteiger partial charge is 0.444 e. The lowest BCUT2D eigenvalue weighted by atomic mass is 10.0. The second kappa shape index (κ2) is 7.86. The molecule has 0 radical (unpaired) electrons. The number of nitrogens with one attached hydrogen (secondary N) is 1. The fourth-order valence-electron chi connectivity index (χ4n) is 3.38. The van der Waals surface area contributed by atoms with E-state index in [0.29, 0.717) is 6.54 Å². The van der Waals surface area contributed by atoms with Crippen molar-refractivity contribution < 1.29 is 9.53 Å². The molecule has 160 valence electrons. The highest BCUT2D eigenvalue weighted by Gasteiger charge is 2.16. The molecule has 0 saturated carbocycles. The normalized spacial score (nSPS) is 11.6. The Bertz CT molecular complexity index is 1250. The van der Waals surface area contributed by atoms with Gasteiger partial charge in [0, 0.05) is 37.1 Å². The molecular weight excluding hydrogens is 392 g/mol. The molecule has 0 bridgehead atoms. The molecule has 31 heavy (non-hydrogen) atoms. The lowest BCUT2D eigenvalue weighted by Gasteiger charge is -2.20. The van der Waals surface area contributed by atoms with Crippen molar-refractivity contribution >= 4 is 11.6 Å². The van der Waals surface area contributed by atoms with Gasteiger partial charge in [-0.3, -0.25) is 4.68 Å². The standard InChI is InChI=1S/C23H26N6O2/c1-15-10-16(6-7-17(15)12-24-22(30)31-23(2,3)4)21-20-11-18(13-29(20)26-14-25-21)19-8-9-28(5)27-19/h6-11,13-14H,12H2,1-5H3,(H,24,30). The van der Waals surface area contributed by atoms with E-state index in [9.17, 15) is 4.79 Å². The summed E-state index contributed by atoms with van der Waals surface area (Å²) in [6, 6.07) is 10.1. The molecule has 4 aromatic rings. The average Bonchev–Trinajstić information content (AvgIpc) is 3.31. The summed E-state index contributed by atoms with van der Waals surface area (Å²) >= 11 is 0. The van der Waals surface area contributed by atoms with Gasteiger partial charge in [0.1, 0.15) is 11.9 Å². The number of carbonyl (C=O) groups is 1. The van der Waals surface area contributed by atoms with Crippen LogP contribution in [0.4, 0.5) is 4.79 Å². The summed E-state index contributed by atoms with van der Waals surface area (Å²) in [6.07, 6.45) is 4.99.